The predicted octanol–water partition coefficient (Wildman–Crippen LogP) is 2.57. The summed E-state index contributed by atoms with van der Waals surface area (Å²) in [7, 11) is 1.63. The van der Waals surface area contributed by atoms with Crippen molar-refractivity contribution >= 4 is 5.82 Å². The van der Waals surface area contributed by atoms with Crippen LogP contribution in [0.25, 0.3) is 0 Å². The van der Waals surface area contributed by atoms with E-state index in [1.165, 1.54) is 12.3 Å². The molecule has 1 aromatic rings. The first-order valence-electron chi connectivity index (χ1n) is 5.79. The van der Waals surface area contributed by atoms with E-state index in [2.05, 4.69) is 4.98 Å². The summed E-state index contributed by atoms with van der Waals surface area (Å²) in [5.41, 5.74) is -0.689. The normalized spacial score (nSPS) is 20.1. The zero-order chi connectivity index (χ0) is 13.2. The third kappa shape index (κ3) is 2.93. The molecule has 2 rings (SSSR count). The maximum Gasteiger partial charge on any atom is 0.419 e. The fourth-order valence-corrected chi connectivity index (χ4v) is 2.12. The summed E-state index contributed by atoms with van der Waals surface area (Å²) in [6.07, 6.45) is -2.10. The number of ether oxygens (including phenoxy) is 1. The van der Waals surface area contributed by atoms with Crippen molar-refractivity contribution < 1.29 is 17.9 Å². The van der Waals surface area contributed by atoms with Crippen LogP contribution in [0.1, 0.15) is 12.0 Å². The Labute approximate surface area is 104 Å². The zero-order valence-corrected chi connectivity index (χ0v) is 10.1. The van der Waals surface area contributed by atoms with Crippen LogP contribution in [0, 0.1) is 5.92 Å². The average molecular weight is 260 g/mol. The third-order valence-electron chi connectivity index (χ3n) is 3.01. The van der Waals surface area contributed by atoms with Gasteiger partial charge in [0.25, 0.3) is 0 Å². The van der Waals surface area contributed by atoms with Crippen LogP contribution in [0.2, 0.25) is 0 Å². The van der Waals surface area contributed by atoms with E-state index < -0.39 is 11.7 Å². The van der Waals surface area contributed by atoms with Crippen molar-refractivity contribution in [2.45, 2.75) is 12.6 Å². The molecule has 0 spiro atoms. The SMILES string of the molecule is CN(C[C@@H]1CCOC1)c1ncccc1C(F)(F)F. The van der Waals surface area contributed by atoms with Gasteiger partial charge in [-0.1, -0.05) is 0 Å². The Bertz CT molecular complexity index is 403. The van der Waals surface area contributed by atoms with Gasteiger partial charge in [0.05, 0.1) is 12.2 Å². The second-order valence-corrected chi connectivity index (χ2v) is 4.48. The van der Waals surface area contributed by atoms with Crippen molar-refractivity contribution in [3.63, 3.8) is 0 Å². The zero-order valence-electron chi connectivity index (χ0n) is 10.1. The van der Waals surface area contributed by atoms with Crippen LogP contribution in [0.4, 0.5) is 19.0 Å². The van der Waals surface area contributed by atoms with E-state index in [0.29, 0.717) is 19.8 Å². The lowest BCUT2D eigenvalue weighted by Crippen LogP contribution is -2.28. The van der Waals surface area contributed by atoms with E-state index in [9.17, 15) is 13.2 Å². The molecule has 1 aliphatic rings. The molecule has 0 saturated carbocycles. The lowest BCUT2D eigenvalue weighted by molar-refractivity contribution is -0.137. The lowest BCUT2D eigenvalue weighted by atomic mass is 10.1. The van der Waals surface area contributed by atoms with E-state index in [1.54, 1.807) is 11.9 Å². The fraction of sp³-hybridized carbons (Fsp3) is 0.583. The van der Waals surface area contributed by atoms with E-state index in [4.69, 9.17) is 4.74 Å². The summed E-state index contributed by atoms with van der Waals surface area (Å²) < 4.78 is 43.7. The van der Waals surface area contributed by atoms with Gasteiger partial charge in [-0.3, -0.25) is 0 Å². The number of nitrogens with zero attached hydrogens (tertiary/aromatic N) is 2. The van der Waals surface area contributed by atoms with E-state index in [1.807, 2.05) is 0 Å². The molecule has 0 amide bonds. The van der Waals surface area contributed by atoms with Gasteiger partial charge in [0.1, 0.15) is 5.82 Å². The highest BCUT2D eigenvalue weighted by molar-refractivity contribution is 5.47. The van der Waals surface area contributed by atoms with Crippen molar-refractivity contribution in [2.75, 3.05) is 31.7 Å². The molecule has 2 heterocycles. The number of rotatable bonds is 3. The first-order valence-corrected chi connectivity index (χ1v) is 5.79. The molecule has 6 heteroatoms. The van der Waals surface area contributed by atoms with E-state index in [-0.39, 0.29) is 11.7 Å². The van der Waals surface area contributed by atoms with Gasteiger partial charge >= 0.3 is 6.18 Å². The molecular weight excluding hydrogens is 245 g/mol. The maximum atomic E-state index is 12.8. The summed E-state index contributed by atoms with van der Waals surface area (Å²) >= 11 is 0. The van der Waals surface area contributed by atoms with Gasteiger partial charge in [0.2, 0.25) is 0 Å². The number of hydrogen-bond donors (Lipinski definition) is 0. The van der Waals surface area contributed by atoms with Gasteiger partial charge in [-0.25, -0.2) is 4.98 Å². The monoisotopic (exact) mass is 260 g/mol. The van der Waals surface area contributed by atoms with Crippen molar-refractivity contribution in [3.05, 3.63) is 23.9 Å². The largest absolute Gasteiger partial charge is 0.419 e. The molecule has 0 radical (unpaired) electrons. The van der Waals surface area contributed by atoms with Gasteiger partial charge in [-0.15, -0.1) is 0 Å². The Morgan fingerprint density at radius 2 is 2.28 bits per heavy atom. The molecule has 0 aromatic carbocycles. The van der Waals surface area contributed by atoms with Crippen LogP contribution in [0.15, 0.2) is 18.3 Å². The summed E-state index contributed by atoms with van der Waals surface area (Å²) in [5, 5.41) is 0. The number of aromatic nitrogens is 1. The van der Waals surface area contributed by atoms with Crippen LogP contribution >= 0.6 is 0 Å². The fourth-order valence-electron chi connectivity index (χ4n) is 2.12. The van der Waals surface area contributed by atoms with Crippen molar-refractivity contribution in [1.29, 1.82) is 0 Å². The summed E-state index contributed by atoms with van der Waals surface area (Å²) in [4.78, 5) is 5.41. The molecule has 1 aromatic heterocycles. The number of hydrogen-bond acceptors (Lipinski definition) is 3. The predicted molar refractivity (Wildman–Crippen MR) is 61.4 cm³/mol. The second kappa shape index (κ2) is 5.14. The molecule has 0 aliphatic carbocycles. The molecular formula is C12H15F3N2O. The highest BCUT2D eigenvalue weighted by atomic mass is 19.4. The third-order valence-corrected chi connectivity index (χ3v) is 3.01. The van der Waals surface area contributed by atoms with Crippen molar-refractivity contribution in [3.8, 4) is 0 Å². The van der Waals surface area contributed by atoms with Gasteiger partial charge in [-0.2, -0.15) is 13.2 Å². The molecule has 0 unspecified atom stereocenters. The summed E-state index contributed by atoms with van der Waals surface area (Å²) in [6, 6.07) is 2.36. The minimum Gasteiger partial charge on any atom is -0.381 e. The van der Waals surface area contributed by atoms with Crippen molar-refractivity contribution in [1.82, 2.24) is 4.98 Å². The Morgan fingerprint density at radius 3 is 2.89 bits per heavy atom. The van der Waals surface area contributed by atoms with Crippen LogP contribution < -0.4 is 4.90 Å². The van der Waals surface area contributed by atoms with Gasteiger partial charge in [0, 0.05) is 32.3 Å². The minimum absolute atomic E-state index is 0.0168. The molecule has 1 saturated heterocycles. The number of pyridine rings is 1. The second-order valence-electron chi connectivity index (χ2n) is 4.48. The molecule has 100 valence electrons. The molecule has 3 nitrogen and oxygen atoms in total. The summed E-state index contributed by atoms with van der Waals surface area (Å²) in [6.45, 7) is 1.82. The average Bonchev–Trinajstić information content (AvgIpc) is 2.80. The van der Waals surface area contributed by atoms with Gasteiger partial charge in [0.15, 0.2) is 0 Å². The standard InChI is InChI=1S/C12H15F3N2O/c1-17(7-9-4-6-18-8-9)11-10(12(13,14)15)3-2-5-16-11/h2-3,5,9H,4,6-8H2,1H3/t9-/m0/s1. The lowest BCUT2D eigenvalue weighted by Gasteiger charge is -2.24. The van der Waals surface area contributed by atoms with Gasteiger partial charge < -0.3 is 9.64 Å². The molecule has 0 bridgehead atoms. The molecule has 1 aliphatic heterocycles. The van der Waals surface area contributed by atoms with Crippen LogP contribution in [-0.4, -0.2) is 31.8 Å². The van der Waals surface area contributed by atoms with Crippen molar-refractivity contribution in [2.24, 2.45) is 5.92 Å². The Balaban J connectivity index is 2.16. The number of alkyl halides is 3. The number of anilines is 1. The molecule has 18 heavy (non-hydrogen) atoms. The van der Waals surface area contributed by atoms with Crippen LogP contribution in [0.3, 0.4) is 0 Å². The first-order chi connectivity index (χ1) is 8.48. The minimum atomic E-state index is -4.37. The molecule has 1 atom stereocenters. The Kier molecular flexibility index (Phi) is 3.75. The first kappa shape index (κ1) is 13.1. The Hall–Kier alpha value is -1.30. The van der Waals surface area contributed by atoms with E-state index >= 15 is 0 Å². The topological polar surface area (TPSA) is 25.4 Å². The number of halogens is 3. The van der Waals surface area contributed by atoms with Crippen LogP contribution in [-0.2, 0) is 10.9 Å². The van der Waals surface area contributed by atoms with Crippen LogP contribution in [0.5, 0.6) is 0 Å². The van der Waals surface area contributed by atoms with Gasteiger partial charge in [-0.05, 0) is 18.6 Å². The molecule has 0 N–H and O–H groups in total. The van der Waals surface area contributed by atoms with E-state index in [0.717, 1.165) is 12.5 Å². The maximum absolute atomic E-state index is 12.8. The summed E-state index contributed by atoms with van der Waals surface area (Å²) in [5.74, 6) is 0.259. The molecule has 1 fully saturated rings. The highest BCUT2D eigenvalue weighted by Crippen LogP contribution is 2.35. The quantitative estimate of drug-likeness (QED) is 0.835. The Morgan fingerprint density at radius 1 is 1.50 bits per heavy atom. The highest BCUT2D eigenvalue weighted by Gasteiger charge is 2.35. The smallest absolute Gasteiger partial charge is 0.381 e.